The predicted octanol–water partition coefficient (Wildman–Crippen LogP) is 0.707. The minimum absolute atomic E-state index is 0.766. The molecule has 1 unspecified atom stereocenters. The fourth-order valence-corrected chi connectivity index (χ4v) is 2.07. The third-order valence-corrected chi connectivity index (χ3v) is 2.73. The van der Waals surface area contributed by atoms with Crippen molar-refractivity contribution in [2.45, 2.75) is 25.3 Å². The van der Waals surface area contributed by atoms with Crippen molar-refractivity contribution < 1.29 is 4.74 Å². The number of hydrogen-bond donors (Lipinski definition) is 1. The van der Waals surface area contributed by atoms with E-state index in [0.29, 0.717) is 0 Å². The molecule has 1 saturated heterocycles. The molecule has 0 aromatic heterocycles. The van der Waals surface area contributed by atoms with E-state index in [1.54, 1.807) is 7.11 Å². The molecule has 0 aliphatic carbocycles. The van der Waals surface area contributed by atoms with E-state index in [1.165, 1.54) is 25.9 Å². The van der Waals surface area contributed by atoms with Crippen molar-refractivity contribution in [2.75, 3.05) is 40.4 Å². The molecule has 0 bridgehead atoms. The maximum absolute atomic E-state index is 5.05. The second-order valence-electron chi connectivity index (χ2n) is 3.74. The van der Waals surface area contributed by atoms with Crippen molar-refractivity contribution in [1.29, 1.82) is 0 Å². The largest absolute Gasteiger partial charge is 0.385 e. The van der Waals surface area contributed by atoms with Crippen LogP contribution in [0, 0.1) is 0 Å². The highest BCUT2D eigenvalue weighted by molar-refractivity contribution is 4.80. The summed E-state index contributed by atoms with van der Waals surface area (Å²) in [5.41, 5.74) is 0. The standard InChI is InChI=1S/C10H22N2O/c1-11-9-10-5-3-6-12(10)7-4-8-13-2/h10-11H,3-9H2,1-2H3. The van der Waals surface area contributed by atoms with Gasteiger partial charge in [0.15, 0.2) is 0 Å². The Hall–Kier alpha value is -0.120. The Balaban J connectivity index is 2.15. The van der Waals surface area contributed by atoms with E-state index in [9.17, 15) is 0 Å². The highest BCUT2D eigenvalue weighted by atomic mass is 16.5. The summed E-state index contributed by atoms with van der Waals surface area (Å²) < 4.78 is 5.05. The second-order valence-corrected chi connectivity index (χ2v) is 3.74. The molecule has 1 atom stereocenters. The summed E-state index contributed by atoms with van der Waals surface area (Å²) in [7, 11) is 3.81. The lowest BCUT2D eigenvalue weighted by atomic mass is 10.2. The van der Waals surface area contributed by atoms with Crippen LogP contribution < -0.4 is 5.32 Å². The minimum atomic E-state index is 0.766. The van der Waals surface area contributed by atoms with E-state index in [-0.39, 0.29) is 0 Å². The molecule has 13 heavy (non-hydrogen) atoms. The van der Waals surface area contributed by atoms with E-state index >= 15 is 0 Å². The lowest BCUT2D eigenvalue weighted by Crippen LogP contribution is -2.37. The Bertz CT molecular complexity index is 130. The van der Waals surface area contributed by atoms with E-state index in [2.05, 4.69) is 10.2 Å². The molecular weight excluding hydrogens is 164 g/mol. The summed E-state index contributed by atoms with van der Waals surface area (Å²) in [6.07, 6.45) is 3.88. The van der Waals surface area contributed by atoms with Gasteiger partial charge in [0.2, 0.25) is 0 Å². The monoisotopic (exact) mass is 186 g/mol. The molecule has 0 aromatic carbocycles. The van der Waals surface area contributed by atoms with E-state index < -0.39 is 0 Å². The van der Waals surface area contributed by atoms with Crippen molar-refractivity contribution in [1.82, 2.24) is 10.2 Å². The third kappa shape index (κ3) is 3.63. The topological polar surface area (TPSA) is 24.5 Å². The van der Waals surface area contributed by atoms with Crippen LogP contribution in [0.15, 0.2) is 0 Å². The maximum Gasteiger partial charge on any atom is 0.0474 e. The minimum Gasteiger partial charge on any atom is -0.385 e. The summed E-state index contributed by atoms with van der Waals surface area (Å²) in [4.78, 5) is 2.58. The first-order chi connectivity index (χ1) is 6.38. The zero-order valence-corrected chi connectivity index (χ0v) is 8.88. The van der Waals surface area contributed by atoms with Gasteiger partial charge in [-0.15, -0.1) is 0 Å². The normalized spacial score (nSPS) is 24.0. The van der Waals surface area contributed by atoms with E-state index in [1.807, 2.05) is 7.05 Å². The smallest absolute Gasteiger partial charge is 0.0474 e. The van der Waals surface area contributed by atoms with Gasteiger partial charge in [0, 0.05) is 32.8 Å². The molecular formula is C10H22N2O. The molecule has 0 aromatic rings. The van der Waals surface area contributed by atoms with Crippen LogP contribution in [0.1, 0.15) is 19.3 Å². The van der Waals surface area contributed by atoms with Crippen LogP contribution in [-0.4, -0.2) is 51.3 Å². The van der Waals surface area contributed by atoms with Gasteiger partial charge in [0.1, 0.15) is 0 Å². The fraction of sp³-hybridized carbons (Fsp3) is 1.00. The Kier molecular flexibility index (Phi) is 5.35. The van der Waals surface area contributed by atoms with Gasteiger partial charge in [-0.25, -0.2) is 0 Å². The molecule has 1 fully saturated rings. The van der Waals surface area contributed by atoms with Gasteiger partial charge >= 0.3 is 0 Å². The molecule has 3 nitrogen and oxygen atoms in total. The Labute approximate surface area is 81.4 Å². The molecule has 1 rings (SSSR count). The van der Waals surface area contributed by atoms with Crippen LogP contribution in [0.2, 0.25) is 0 Å². The fourth-order valence-electron chi connectivity index (χ4n) is 2.07. The Morgan fingerprint density at radius 3 is 3.08 bits per heavy atom. The number of nitrogens with one attached hydrogen (secondary N) is 1. The van der Waals surface area contributed by atoms with Crippen LogP contribution in [-0.2, 0) is 4.74 Å². The lowest BCUT2D eigenvalue weighted by molar-refractivity contribution is 0.167. The van der Waals surface area contributed by atoms with Crippen LogP contribution in [0.3, 0.4) is 0 Å². The number of likely N-dealkylation sites (N-methyl/N-ethyl adjacent to an activating group) is 1. The number of methoxy groups -OCH3 is 1. The lowest BCUT2D eigenvalue weighted by Gasteiger charge is -2.23. The zero-order valence-electron chi connectivity index (χ0n) is 8.88. The molecule has 0 radical (unpaired) electrons. The average molecular weight is 186 g/mol. The van der Waals surface area contributed by atoms with Gasteiger partial charge < -0.3 is 10.1 Å². The van der Waals surface area contributed by atoms with Crippen LogP contribution in [0.25, 0.3) is 0 Å². The highest BCUT2D eigenvalue weighted by Crippen LogP contribution is 2.16. The molecule has 1 aliphatic rings. The molecule has 0 saturated carbocycles. The summed E-state index contributed by atoms with van der Waals surface area (Å²) in [6.45, 7) is 4.49. The van der Waals surface area contributed by atoms with Gasteiger partial charge in [-0.1, -0.05) is 0 Å². The summed E-state index contributed by atoms with van der Waals surface area (Å²) in [5.74, 6) is 0. The van der Waals surface area contributed by atoms with Crippen molar-refractivity contribution in [3.63, 3.8) is 0 Å². The summed E-state index contributed by atoms with van der Waals surface area (Å²) in [5, 5.41) is 3.26. The van der Waals surface area contributed by atoms with Gasteiger partial charge in [0.05, 0.1) is 0 Å². The van der Waals surface area contributed by atoms with Crippen molar-refractivity contribution in [3.05, 3.63) is 0 Å². The Morgan fingerprint density at radius 1 is 1.54 bits per heavy atom. The summed E-state index contributed by atoms with van der Waals surface area (Å²) >= 11 is 0. The van der Waals surface area contributed by atoms with Gasteiger partial charge in [-0.3, -0.25) is 4.90 Å². The van der Waals surface area contributed by atoms with Crippen molar-refractivity contribution >= 4 is 0 Å². The van der Waals surface area contributed by atoms with E-state index in [4.69, 9.17) is 4.74 Å². The van der Waals surface area contributed by atoms with Gasteiger partial charge in [-0.05, 0) is 32.9 Å². The number of hydrogen-bond acceptors (Lipinski definition) is 3. The van der Waals surface area contributed by atoms with Crippen LogP contribution in [0.5, 0.6) is 0 Å². The number of nitrogens with zero attached hydrogens (tertiary/aromatic N) is 1. The number of ether oxygens (including phenoxy) is 1. The molecule has 1 aliphatic heterocycles. The first kappa shape index (κ1) is 11.0. The number of rotatable bonds is 6. The average Bonchev–Trinajstić information content (AvgIpc) is 2.54. The van der Waals surface area contributed by atoms with Crippen LogP contribution in [0.4, 0.5) is 0 Å². The van der Waals surface area contributed by atoms with Crippen molar-refractivity contribution in [3.8, 4) is 0 Å². The zero-order chi connectivity index (χ0) is 9.52. The van der Waals surface area contributed by atoms with Gasteiger partial charge in [0.25, 0.3) is 0 Å². The SMILES string of the molecule is CNCC1CCCN1CCCOC. The molecule has 1 heterocycles. The third-order valence-electron chi connectivity index (χ3n) is 2.73. The maximum atomic E-state index is 5.05. The van der Waals surface area contributed by atoms with Crippen LogP contribution >= 0.6 is 0 Å². The van der Waals surface area contributed by atoms with E-state index in [0.717, 1.165) is 25.6 Å². The molecule has 78 valence electrons. The predicted molar refractivity (Wildman–Crippen MR) is 55.0 cm³/mol. The number of likely N-dealkylation sites (tertiary alicyclic amines) is 1. The van der Waals surface area contributed by atoms with Gasteiger partial charge in [-0.2, -0.15) is 0 Å². The molecule has 0 amide bonds. The first-order valence-corrected chi connectivity index (χ1v) is 5.26. The first-order valence-electron chi connectivity index (χ1n) is 5.26. The molecule has 3 heteroatoms. The van der Waals surface area contributed by atoms with Crippen molar-refractivity contribution in [2.24, 2.45) is 0 Å². The Morgan fingerprint density at radius 2 is 2.38 bits per heavy atom. The quantitative estimate of drug-likeness (QED) is 0.618. The summed E-state index contributed by atoms with van der Waals surface area (Å²) in [6, 6.07) is 0.766. The molecule has 0 spiro atoms. The second kappa shape index (κ2) is 6.35. The molecule has 1 N–H and O–H groups in total. The highest BCUT2D eigenvalue weighted by Gasteiger charge is 2.22.